The third kappa shape index (κ3) is 4.67. The van der Waals surface area contributed by atoms with E-state index in [-0.39, 0.29) is 5.56 Å². The van der Waals surface area contributed by atoms with E-state index in [0.29, 0.717) is 41.9 Å². The number of benzene rings is 1. The predicted octanol–water partition coefficient (Wildman–Crippen LogP) is 1.85. The highest BCUT2D eigenvalue weighted by Crippen LogP contribution is 2.32. The summed E-state index contributed by atoms with van der Waals surface area (Å²) >= 11 is 0. The van der Waals surface area contributed by atoms with E-state index in [9.17, 15) is 14.4 Å². The SMILES string of the molecule is Cc1c(C(=O)OCC(=O)NC(=O)Nc2ccc3c(c2)OCCO3)cnn1-c1ccccn1. The first-order chi connectivity index (χ1) is 15.5. The number of carbonyl (C=O) groups is 3. The lowest BCUT2D eigenvalue weighted by atomic mass is 10.2. The summed E-state index contributed by atoms with van der Waals surface area (Å²) < 4.78 is 17.3. The van der Waals surface area contributed by atoms with Gasteiger partial charge in [-0.3, -0.25) is 10.1 Å². The van der Waals surface area contributed by atoms with Gasteiger partial charge >= 0.3 is 12.0 Å². The molecule has 3 aromatic rings. The number of imide groups is 1. The molecule has 2 N–H and O–H groups in total. The monoisotopic (exact) mass is 437 g/mol. The van der Waals surface area contributed by atoms with Crippen molar-refractivity contribution in [3.8, 4) is 17.3 Å². The number of pyridine rings is 1. The Morgan fingerprint density at radius 3 is 2.72 bits per heavy atom. The molecule has 1 aliphatic rings. The van der Waals surface area contributed by atoms with Crippen molar-refractivity contribution in [1.29, 1.82) is 0 Å². The van der Waals surface area contributed by atoms with E-state index in [1.54, 1.807) is 49.5 Å². The van der Waals surface area contributed by atoms with Crippen LogP contribution in [0.4, 0.5) is 10.5 Å². The zero-order valence-electron chi connectivity index (χ0n) is 17.0. The van der Waals surface area contributed by atoms with Gasteiger partial charge in [-0.1, -0.05) is 6.07 Å². The Labute approximate surface area is 182 Å². The van der Waals surface area contributed by atoms with E-state index in [4.69, 9.17) is 14.2 Å². The number of carbonyl (C=O) groups excluding carboxylic acids is 3. The summed E-state index contributed by atoms with van der Waals surface area (Å²) in [6.45, 7) is 1.91. The van der Waals surface area contributed by atoms with Gasteiger partial charge in [0.05, 0.1) is 11.9 Å². The highest BCUT2D eigenvalue weighted by molar-refractivity contribution is 6.02. The smallest absolute Gasteiger partial charge is 0.342 e. The lowest BCUT2D eigenvalue weighted by molar-refractivity contribution is -0.123. The van der Waals surface area contributed by atoms with Gasteiger partial charge in [0.2, 0.25) is 0 Å². The van der Waals surface area contributed by atoms with E-state index in [1.165, 1.54) is 10.9 Å². The molecule has 3 heterocycles. The van der Waals surface area contributed by atoms with E-state index in [1.807, 2.05) is 0 Å². The van der Waals surface area contributed by atoms with Crippen molar-refractivity contribution < 1.29 is 28.6 Å². The molecule has 0 saturated carbocycles. The van der Waals surface area contributed by atoms with Crippen LogP contribution in [0.2, 0.25) is 0 Å². The minimum absolute atomic E-state index is 0.184. The molecule has 3 amide bonds. The number of ether oxygens (including phenoxy) is 3. The highest BCUT2D eigenvalue weighted by Gasteiger charge is 2.19. The zero-order chi connectivity index (χ0) is 22.5. The van der Waals surface area contributed by atoms with Gasteiger partial charge in [0.25, 0.3) is 5.91 Å². The third-order valence-electron chi connectivity index (χ3n) is 4.48. The van der Waals surface area contributed by atoms with Crippen molar-refractivity contribution >= 4 is 23.6 Å². The molecular formula is C21H19N5O6. The van der Waals surface area contributed by atoms with E-state index in [2.05, 4.69) is 20.7 Å². The fourth-order valence-corrected chi connectivity index (χ4v) is 2.98. The van der Waals surface area contributed by atoms with Crippen LogP contribution in [0.25, 0.3) is 5.82 Å². The minimum Gasteiger partial charge on any atom is -0.486 e. The van der Waals surface area contributed by atoms with Crippen LogP contribution in [0.1, 0.15) is 16.1 Å². The molecular weight excluding hydrogens is 418 g/mol. The van der Waals surface area contributed by atoms with Gasteiger partial charge in [0, 0.05) is 18.0 Å². The number of aromatic nitrogens is 3. The fourth-order valence-electron chi connectivity index (χ4n) is 2.98. The Morgan fingerprint density at radius 1 is 1.12 bits per heavy atom. The molecule has 1 aliphatic heterocycles. The number of esters is 1. The van der Waals surface area contributed by atoms with Crippen molar-refractivity contribution in [2.24, 2.45) is 0 Å². The molecule has 0 saturated heterocycles. The van der Waals surface area contributed by atoms with Crippen LogP contribution in [0.5, 0.6) is 11.5 Å². The van der Waals surface area contributed by atoms with Crippen molar-refractivity contribution in [2.45, 2.75) is 6.92 Å². The Kier molecular flexibility index (Phi) is 5.97. The maximum atomic E-state index is 12.3. The number of urea groups is 1. The van der Waals surface area contributed by atoms with Gasteiger partial charge in [0.15, 0.2) is 23.9 Å². The van der Waals surface area contributed by atoms with Crippen LogP contribution in [0.15, 0.2) is 48.8 Å². The third-order valence-corrected chi connectivity index (χ3v) is 4.48. The van der Waals surface area contributed by atoms with E-state index < -0.39 is 24.5 Å². The quantitative estimate of drug-likeness (QED) is 0.578. The number of hydrogen-bond acceptors (Lipinski definition) is 8. The standard InChI is InChI=1S/C21H19N5O6/c1-13-15(11-23-26(13)18-4-2-3-7-22-18)20(28)32-12-19(27)25-21(29)24-14-5-6-16-17(10-14)31-9-8-30-16/h2-7,10-11H,8-9,12H2,1H3,(H2,24,25,27,29). The van der Waals surface area contributed by atoms with Crippen LogP contribution in [0.3, 0.4) is 0 Å². The summed E-state index contributed by atoms with van der Waals surface area (Å²) in [5.41, 5.74) is 1.10. The Hall–Kier alpha value is -4.41. The van der Waals surface area contributed by atoms with Gasteiger partial charge in [-0.2, -0.15) is 5.10 Å². The maximum absolute atomic E-state index is 12.3. The number of nitrogens with zero attached hydrogens (tertiary/aromatic N) is 3. The second-order valence-electron chi connectivity index (χ2n) is 6.68. The molecule has 1 aromatic carbocycles. The van der Waals surface area contributed by atoms with Crippen LogP contribution in [-0.2, 0) is 9.53 Å². The molecule has 0 bridgehead atoms. The Bertz CT molecular complexity index is 1160. The number of rotatable bonds is 5. The first-order valence-corrected chi connectivity index (χ1v) is 9.65. The van der Waals surface area contributed by atoms with Crippen LogP contribution in [-0.4, -0.2) is 52.5 Å². The molecule has 4 rings (SSSR count). The van der Waals surface area contributed by atoms with Crippen molar-refractivity contribution in [3.63, 3.8) is 0 Å². The summed E-state index contributed by atoms with van der Waals surface area (Å²) in [7, 11) is 0. The van der Waals surface area contributed by atoms with Gasteiger partial charge < -0.3 is 19.5 Å². The molecule has 0 radical (unpaired) electrons. The fraction of sp³-hybridized carbons (Fsp3) is 0.190. The predicted molar refractivity (Wildman–Crippen MR) is 111 cm³/mol. The second kappa shape index (κ2) is 9.16. The molecule has 0 fully saturated rings. The maximum Gasteiger partial charge on any atom is 0.342 e. The first-order valence-electron chi connectivity index (χ1n) is 9.65. The van der Waals surface area contributed by atoms with Crippen LogP contribution >= 0.6 is 0 Å². The summed E-state index contributed by atoms with van der Waals surface area (Å²) in [4.78, 5) is 40.5. The minimum atomic E-state index is -0.789. The summed E-state index contributed by atoms with van der Waals surface area (Å²) in [5.74, 6) is 0.0793. The molecule has 11 heteroatoms. The summed E-state index contributed by atoms with van der Waals surface area (Å²) in [6.07, 6.45) is 2.94. The number of nitrogens with one attached hydrogen (secondary N) is 2. The molecule has 0 aliphatic carbocycles. The Morgan fingerprint density at radius 2 is 1.94 bits per heavy atom. The second-order valence-corrected chi connectivity index (χ2v) is 6.68. The Balaban J connectivity index is 1.29. The molecule has 11 nitrogen and oxygen atoms in total. The topological polar surface area (TPSA) is 134 Å². The highest BCUT2D eigenvalue weighted by atomic mass is 16.6. The largest absolute Gasteiger partial charge is 0.486 e. The van der Waals surface area contributed by atoms with Crippen molar-refractivity contribution in [1.82, 2.24) is 20.1 Å². The van der Waals surface area contributed by atoms with Crippen LogP contribution < -0.4 is 20.1 Å². The number of fused-ring (bicyclic) bond motifs is 1. The zero-order valence-corrected chi connectivity index (χ0v) is 17.0. The molecule has 0 spiro atoms. The average Bonchev–Trinajstić information content (AvgIpc) is 3.19. The number of amides is 3. The molecule has 0 atom stereocenters. The average molecular weight is 437 g/mol. The number of anilines is 1. The molecule has 2 aromatic heterocycles. The van der Waals surface area contributed by atoms with E-state index >= 15 is 0 Å². The summed E-state index contributed by atoms with van der Waals surface area (Å²) in [5, 5.41) is 8.73. The van der Waals surface area contributed by atoms with Crippen LogP contribution in [0, 0.1) is 6.92 Å². The van der Waals surface area contributed by atoms with Gasteiger partial charge in [-0.05, 0) is 31.2 Å². The van der Waals surface area contributed by atoms with Crippen molar-refractivity contribution in [3.05, 3.63) is 60.0 Å². The lowest BCUT2D eigenvalue weighted by Crippen LogP contribution is -2.37. The lowest BCUT2D eigenvalue weighted by Gasteiger charge is -2.19. The normalized spacial score (nSPS) is 12.0. The molecule has 164 valence electrons. The molecule has 32 heavy (non-hydrogen) atoms. The van der Waals surface area contributed by atoms with Crippen molar-refractivity contribution in [2.75, 3.05) is 25.1 Å². The molecule has 0 unspecified atom stereocenters. The van der Waals surface area contributed by atoms with E-state index in [0.717, 1.165) is 0 Å². The van der Waals surface area contributed by atoms with Gasteiger partial charge in [-0.25, -0.2) is 19.3 Å². The number of hydrogen-bond donors (Lipinski definition) is 2. The first kappa shape index (κ1) is 20.8. The van der Waals surface area contributed by atoms with Gasteiger partial charge in [-0.15, -0.1) is 0 Å². The summed E-state index contributed by atoms with van der Waals surface area (Å²) in [6, 6.07) is 9.37. The van der Waals surface area contributed by atoms with Gasteiger partial charge in [0.1, 0.15) is 18.8 Å².